The van der Waals surface area contributed by atoms with Gasteiger partial charge in [0.05, 0.1) is 23.1 Å². The smallest absolute Gasteiger partial charge is 0.214 e. The summed E-state index contributed by atoms with van der Waals surface area (Å²) in [6.45, 7) is 2.43. The summed E-state index contributed by atoms with van der Waals surface area (Å²) in [5.41, 5.74) is 2.00. The summed E-state index contributed by atoms with van der Waals surface area (Å²) in [6, 6.07) is 6.15. The third kappa shape index (κ3) is 2.49. The minimum Gasteiger partial charge on any atom is -0.444 e. The van der Waals surface area contributed by atoms with E-state index in [1.54, 1.807) is 6.20 Å². The molecule has 98 valence electrons. The molecule has 0 saturated heterocycles. The van der Waals surface area contributed by atoms with Crippen molar-refractivity contribution in [2.75, 3.05) is 0 Å². The zero-order chi connectivity index (χ0) is 13.4. The van der Waals surface area contributed by atoms with Crippen molar-refractivity contribution >= 4 is 45.2 Å². The topological polar surface area (TPSA) is 43.9 Å². The van der Waals surface area contributed by atoms with Gasteiger partial charge < -0.3 is 8.98 Å². The van der Waals surface area contributed by atoms with Gasteiger partial charge in [0.25, 0.3) is 0 Å². The molecule has 0 aliphatic carbocycles. The van der Waals surface area contributed by atoms with Crippen LogP contribution >= 0.6 is 34.2 Å². The molecule has 2 aromatic heterocycles. The molecule has 1 aromatic carbocycles. The van der Waals surface area contributed by atoms with E-state index in [0.717, 1.165) is 26.2 Å². The Kier molecular flexibility index (Phi) is 3.49. The van der Waals surface area contributed by atoms with Crippen LogP contribution in [0.4, 0.5) is 0 Å². The van der Waals surface area contributed by atoms with Crippen LogP contribution in [0.15, 0.2) is 28.8 Å². The number of imidazole rings is 1. The zero-order valence-electron chi connectivity index (χ0n) is 10.2. The maximum Gasteiger partial charge on any atom is 0.214 e. The van der Waals surface area contributed by atoms with Gasteiger partial charge >= 0.3 is 0 Å². The van der Waals surface area contributed by atoms with Crippen molar-refractivity contribution in [1.82, 2.24) is 14.5 Å². The van der Waals surface area contributed by atoms with E-state index in [9.17, 15) is 0 Å². The number of hydrogen-bond acceptors (Lipinski definition) is 3. The lowest BCUT2D eigenvalue weighted by Crippen LogP contribution is -2.04. The summed E-state index contributed by atoms with van der Waals surface area (Å²) in [6.07, 6.45) is 1.72. The molecule has 3 rings (SSSR count). The van der Waals surface area contributed by atoms with Gasteiger partial charge in [-0.15, -0.1) is 11.6 Å². The Morgan fingerprint density at radius 2 is 2.26 bits per heavy atom. The molecule has 0 aliphatic rings. The fourth-order valence-electron chi connectivity index (χ4n) is 2.04. The number of rotatable bonds is 3. The normalized spacial score (nSPS) is 11.3. The molecule has 0 fully saturated rings. The number of alkyl halides is 1. The first kappa shape index (κ1) is 12.9. The number of fused-ring (bicyclic) bond motifs is 1. The highest BCUT2D eigenvalue weighted by molar-refractivity contribution is 14.1. The van der Waals surface area contributed by atoms with E-state index in [1.807, 2.05) is 17.6 Å². The second kappa shape index (κ2) is 5.13. The average Bonchev–Trinajstić information content (AvgIpc) is 2.94. The second-order valence-corrected chi connectivity index (χ2v) is 5.76. The third-order valence-electron chi connectivity index (χ3n) is 2.87. The molecule has 0 N–H and O–H groups in total. The van der Waals surface area contributed by atoms with Crippen molar-refractivity contribution in [1.29, 1.82) is 0 Å². The summed E-state index contributed by atoms with van der Waals surface area (Å²) in [5.74, 6) is 2.67. The first-order valence-corrected chi connectivity index (χ1v) is 7.40. The van der Waals surface area contributed by atoms with Crippen molar-refractivity contribution in [2.24, 2.45) is 0 Å². The first-order valence-electron chi connectivity index (χ1n) is 5.79. The van der Waals surface area contributed by atoms with E-state index in [2.05, 4.69) is 44.7 Å². The van der Waals surface area contributed by atoms with E-state index in [-0.39, 0.29) is 0 Å². The molecule has 0 bridgehead atoms. The van der Waals surface area contributed by atoms with Gasteiger partial charge in [0.2, 0.25) is 5.89 Å². The van der Waals surface area contributed by atoms with Crippen molar-refractivity contribution < 1.29 is 4.42 Å². The quantitative estimate of drug-likeness (QED) is 0.508. The predicted octanol–water partition coefficient (Wildman–Crippen LogP) is 3.72. The Bertz CT molecular complexity index is 735. The fraction of sp³-hybridized carbons (Fsp3) is 0.231. The Morgan fingerprint density at radius 3 is 2.95 bits per heavy atom. The molecule has 2 heterocycles. The SMILES string of the molecule is Cc1cnc(Cn2c(CCl)nc3cc(I)ccc32)o1. The number of halogens is 2. The molecule has 6 heteroatoms. The molecule has 0 aliphatic heterocycles. The summed E-state index contributed by atoms with van der Waals surface area (Å²) in [4.78, 5) is 8.78. The maximum atomic E-state index is 5.98. The lowest BCUT2D eigenvalue weighted by Gasteiger charge is -2.04. The summed E-state index contributed by atoms with van der Waals surface area (Å²) in [7, 11) is 0. The average molecular weight is 388 g/mol. The number of oxazole rings is 1. The van der Waals surface area contributed by atoms with E-state index >= 15 is 0 Å². The molecule has 0 radical (unpaired) electrons. The largest absolute Gasteiger partial charge is 0.444 e. The lowest BCUT2D eigenvalue weighted by atomic mass is 10.3. The van der Waals surface area contributed by atoms with Gasteiger partial charge in [0.1, 0.15) is 18.1 Å². The molecule has 0 unspecified atom stereocenters. The number of aryl methyl sites for hydroxylation is 1. The highest BCUT2D eigenvalue weighted by Crippen LogP contribution is 2.21. The van der Waals surface area contributed by atoms with Crippen molar-refractivity contribution in [3.63, 3.8) is 0 Å². The van der Waals surface area contributed by atoms with Gasteiger partial charge in [-0.3, -0.25) is 0 Å². The van der Waals surface area contributed by atoms with Gasteiger partial charge in [-0.25, -0.2) is 9.97 Å². The molecule has 0 saturated carbocycles. The molecule has 4 nitrogen and oxygen atoms in total. The molecular formula is C13H11ClIN3O. The van der Waals surface area contributed by atoms with Gasteiger partial charge in [-0.1, -0.05) is 0 Å². The van der Waals surface area contributed by atoms with Crippen LogP contribution in [0.3, 0.4) is 0 Å². The zero-order valence-corrected chi connectivity index (χ0v) is 13.1. The summed E-state index contributed by atoms with van der Waals surface area (Å²) < 4.78 is 8.73. The van der Waals surface area contributed by atoms with Crippen LogP contribution in [0.2, 0.25) is 0 Å². The Balaban J connectivity index is 2.10. The minimum atomic E-state index is 0.366. The van der Waals surface area contributed by atoms with E-state index < -0.39 is 0 Å². The standard InChI is InChI=1S/C13H11ClIN3O/c1-8-6-16-13(19-8)7-18-11-3-2-9(15)4-10(11)17-12(18)5-14/h2-4,6H,5,7H2,1H3. The number of hydrogen-bond donors (Lipinski definition) is 0. The highest BCUT2D eigenvalue weighted by Gasteiger charge is 2.12. The Morgan fingerprint density at radius 1 is 1.42 bits per heavy atom. The maximum absolute atomic E-state index is 5.98. The molecule has 3 aromatic rings. The first-order chi connectivity index (χ1) is 9.17. The van der Waals surface area contributed by atoms with Crippen LogP contribution < -0.4 is 0 Å². The predicted molar refractivity (Wildman–Crippen MR) is 82.3 cm³/mol. The van der Waals surface area contributed by atoms with E-state index in [1.165, 1.54) is 0 Å². The third-order valence-corrected chi connectivity index (χ3v) is 3.78. The lowest BCUT2D eigenvalue weighted by molar-refractivity contribution is 0.457. The summed E-state index contributed by atoms with van der Waals surface area (Å²) in [5, 5.41) is 0. The van der Waals surface area contributed by atoms with Crippen LogP contribution in [0.1, 0.15) is 17.5 Å². The van der Waals surface area contributed by atoms with Crippen LogP contribution in [-0.2, 0) is 12.4 Å². The molecular weight excluding hydrogens is 377 g/mol. The van der Waals surface area contributed by atoms with Crippen LogP contribution in [0.5, 0.6) is 0 Å². The Labute approximate surface area is 128 Å². The van der Waals surface area contributed by atoms with Gasteiger partial charge in [-0.05, 0) is 47.7 Å². The van der Waals surface area contributed by atoms with Gasteiger partial charge in [0.15, 0.2) is 0 Å². The van der Waals surface area contributed by atoms with Gasteiger partial charge in [0, 0.05) is 3.57 Å². The highest BCUT2D eigenvalue weighted by atomic mass is 127. The second-order valence-electron chi connectivity index (χ2n) is 4.25. The van der Waals surface area contributed by atoms with Crippen molar-refractivity contribution in [3.05, 3.63) is 45.4 Å². The van der Waals surface area contributed by atoms with Crippen LogP contribution in [0.25, 0.3) is 11.0 Å². The van der Waals surface area contributed by atoms with Crippen LogP contribution in [0, 0.1) is 10.5 Å². The molecule has 0 spiro atoms. The number of aromatic nitrogens is 3. The minimum absolute atomic E-state index is 0.366. The molecule has 19 heavy (non-hydrogen) atoms. The van der Waals surface area contributed by atoms with E-state index in [4.69, 9.17) is 16.0 Å². The monoisotopic (exact) mass is 387 g/mol. The molecule has 0 amide bonds. The van der Waals surface area contributed by atoms with E-state index in [0.29, 0.717) is 18.3 Å². The molecule has 0 atom stereocenters. The summed E-state index contributed by atoms with van der Waals surface area (Å²) >= 11 is 8.25. The Hall–Kier alpha value is -1.08. The number of benzene rings is 1. The van der Waals surface area contributed by atoms with Crippen LogP contribution in [-0.4, -0.2) is 14.5 Å². The van der Waals surface area contributed by atoms with Crippen molar-refractivity contribution in [2.45, 2.75) is 19.3 Å². The van der Waals surface area contributed by atoms with Gasteiger partial charge in [-0.2, -0.15) is 0 Å². The number of nitrogens with zero attached hydrogens (tertiary/aromatic N) is 3. The van der Waals surface area contributed by atoms with Crippen molar-refractivity contribution in [3.8, 4) is 0 Å². The fourth-order valence-corrected chi connectivity index (χ4v) is 2.72.